The van der Waals surface area contributed by atoms with Gasteiger partial charge in [0.1, 0.15) is 5.82 Å². The second-order valence-corrected chi connectivity index (χ2v) is 7.73. The first-order chi connectivity index (χ1) is 11.2. The van der Waals surface area contributed by atoms with Gasteiger partial charge in [-0.1, -0.05) is 32.4 Å². The SMILES string of the molecule is CC(C)(C)[C@H](N)C(=O)N1CCC(C(=O)Nc2ccc(Cl)cn2)CC1. The summed E-state index contributed by atoms with van der Waals surface area (Å²) in [4.78, 5) is 30.6. The van der Waals surface area contributed by atoms with Crippen LogP contribution >= 0.6 is 11.6 Å². The molecule has 0 radical (unpaired) electrons. The molecule has 1 aliphatic rings. The zero-order valence-corrected chi connectivity index (χ0v) is 15.1. The van der Waals surface area contributed by atoms with Gasteiger partial charge in [-0.15, -0.1) is 0 Å². The molecule has 1 aromatic rings. The number of pyridine rings is 1. The first-order valence-corrected chi connectivity index (χ1v) is 8.53. The monoisotopic (exact) mass is 352 g/mol. The molecule has 6 nitrogen and oxygen atoms in total. The number of hydrogen-bond donors (Lipinski definition) is 2. The Morgan fingerprint density at radius 1 is 1.33 bits per heavy atom. The molecule has 0 bridgehead atoms. The third-order valence-corrected chi connectivity index (χ3v) is 4.58. The van der Waals surface area contributed by atoms with Crippen LogP contribution in [0, 0.1) is 11.3 Å². The predicted octanol–water partition coefficient (Wildman–Crippen LogP) is 2.29. The standard InChI is InChI=1S/C17H25ClN4O2/c1-17(2,3)14(19)16(24)22-8-6-11(7-9-22)15(23)21-13-5-4-12(18)10-20-13/h4-5,10-11,14H,6-9,19H2,1-3H3,(H,20,21,23)/t14-/m1/s1. The minimum atomic E-state index is -0.527. The minimum absolute atomic E-state index is 0.0410. The van der Waals surface area contributed by atoms with Gasteiger partial charge >= 0.3 is 0 Å². The van der Waals surface area contributed by atoms with Crippen molar-refractivity contribution < 1.29 is 9.59 Å². The van der Waals surface area contributed by atoms with E-state index in [4.69, 9.17) is 17.3 Å². The number of hydrogen-bond acceptors (Lipinski definition) is 4. The lowest BCUT2D eigenvalue weighted by Crippen LogP contribution is -2.53. The Hall–Kier alpha value is -1.66. The third-order valence-electron chi connectivity index (χ3n) is 4.36. The summed E-state index contributed by atoms with van der Waals surface area (Å²) in [6, 6.07) is 2.82. The molecule has 1 atom stereocenters. The molecule has 0 spiro atoms. The van der Waals surface area contributed by atoms with Crippen molar-refractivity contribution in [3.8, 4) is 0 Å². The summed E-state index contributed by atoms with van der Waals surface area (Å²) < 4.78 is 0. The summed E-state index contributed by atoms with van der Waals surface area (Å²) in [6.45, 7) is 6.96. The number of nitrogens with one attached hydrogen (secondary N) is 1. The Labute approximate surface area is 147 Å². The molecular formula is C17H25ClN4O2. The number of carbonyl (C=O) groups is 2. The van der Waals surface area contributed by atoms with Crippen molar-refractivity contribution in [1.82, 2.24) is 9.88 Å². The second-order valence-electron chi connectivity index (χ2n) is 7.29. The van der Waals surface area contributed by atoms with Gasteiger partial charge in [-0.25, -0.2) is 4.98 Å². The molecule has 7 heteroatoms. The molecule has 0 aliphatic carbocycles. The van der Waals surface area contributed by atoms with E-state index in [2.05, 4.69) is 10.3 Å². The summed E-state index contributed by atoms with van der Waals surface area (Å²) in [5, 5.41) is 3.32. The van der Waals surface area contributed by atoms with Crippen LogP contribution in [-0.2, 0) is 9.59 Å². The largest absolute Gasteiger partial charge is 0.341 e. The van der Waals surface area contributed by atoms with E-state index >= 15 is 0 Å². The molecule has 132 valence electrons. The maximum atomic E-state index is 12.4. The zero-order chi connectivity index (χ0) is 17.9. The van der Waals surface area contributed by atoms with Crippen molar-refractivity contribution in [1.29, 1.82) is 0 Å². The number of likely N-dealkylation sites (tertiary alicyclic amines) is 1. The van der Waals surface area contributed by atoms with Crippen LogP contribution in [0.5, 0.6) is 0 Å². The molecule has 1 aliphatic heterocycles. The van der Waals surface area contributed by atoms with Gasteiger partial charge in [0.05, 0.1) is 11.1 Å². The topological polar surface area (TPSA) is 88.3 Å². The first-order valence-electron chi connectivity index (χ1n) is 8.15. The number of nitrogens with zero attached hydrogens (tertiary/aromatic N) is 2. The highest BCUT2D eigenvalue weighted by molar-refractivity contribution is 6.30. The Balaban J connectivity index is 1.87. The molecule has 1 aromatic heterocycles. The molecule has 3 N–H and O–H groups in total. The zero-order valence-electron chi connectivity index (χ0n) is 14.4. The van der Waals surface area contributed by atoms with Gasteiger partial charge in [0.15, 0.2) is 0 Å². The molecule has 2 rings (SSSR count). The van der Waals surface area contributed by atoms with Gasteiger partial charge in [-0.3, -0.25) is 9.59 Å². The summed E-state index contributed by atoms with van der Waals surface area (Å²) in [5.41, 5.74) is 5.77. The Bertz CT molecular complexity index is 590. The van der Waals surface area contributed by atoms with E-state index in [-0.39, 0.29) is 23.1 Å². The van der Waals surface area contributed by atoms with Crippen molar-refractivity contribution >= 4 is 29.2 Å². The van der Waals surface area contributed by atoms with Gasteiger partial charge in [0.2, 0.25) is 11.8 Å². The first kappa shape index (κ1) is 18.7. The molecule has 0 saturated carbocycles. The van der Waals surface area contributed by atoms with E-state index in [0.717, 1.165) is 0 Å². The van der Waals surface area contributed by atoms with Crippen molar-refractivity contribution in [3.63, 3.8) is 0 Å². The third kappa shape index (κ3) is 4.68. The molecule has 24 heavy (non-hydrogen) atoms. The van der Waals surface area contributed by atoms with Crippen LogP contribution in [0.3, 0.4) is 0 Å². The van der Waals surface area contributed by atoms with Crippen LogP contribution in [0.1, 0.15) is 33.6 Å². The summed E-state index contributed by atoms with van der Waals surface area (Å²) >= 11 is 5.78. The maximum Gasteiger partial charge on any atom is 0.240 e. The van der Waals surface area contributed by atoms with Crippen LogP contribution in [0.15, 0.2) is 18.3 Å². The van der Waals surface area contributed by atoms with Crippen LogP contribution in [-0.4, -0.2) is 40.8 Å². The lowest BCUT2D eigenvalue weighted by Gasteiger charge is -2.36. The molecule has 1 fully saturated rings. The van der Waals surface area contributed by atoms with E-state index < -0.39 is 6.04 Å². The lowest BCUT2D eigenvalue weighted by molar-refractivity contribution is -0.137. The minimum Gasteiger partial charge on any atom is -0.341 e. The second kappa shape index (κ2) is 7.49. The number of amides is 2. The highest BCUT2D eigenvalue weighted by Gasteiger charge is 2.34. The maximum absolute atomic E-state index is 12.4. The normalized spacial score (nSPS) is 17.5. The van der Waals surface area contributed by atoms with E-state index in [9.17, 15) is 9.59 Å². The number of piperidine rings is 1. The summed E-state index contributed by atoms with van der Waals surface area (Å²) in [5.74, 6) is 0.243. The highest BCUT2D eigenvalue weighted by Crippen LogP contribution is 2.23. The van der Waals surface area contributed by atoms with E-state index in [1.54, 1.807) is 17.0 Å². The van der Waals surface area contributed by atoms with Crippen molar-refractivity contribution in [3.05, 3.63) is 23.4 Å². The van der Waals surface area contributed by atoms with Crippen molar-refractivity contribution in [2.24, 2.45) is 17.1 Å². The Morgan fingerprint density at radius 3 is 2.46 bits per heavy atom. The van der Waals surface area contributed by atoms with E-state index in [1.165, 1.54) is 6.20 Å². The number of nitrogens with two attached hydrogens (primary N) is 1. The number of carbonyl (C=O) groups excluding carboxylic acids is 2. The summed E-state index contributed by atoms with van der Waals surface area (Å²) in [6.07, 6.45) is 2.75. The number of halogens is 1. The molecule has 1 saturated heterocycles. The Morgan fingerprint density at radius 2 is 1.96 bits per heavy atom. The van der Waals surface area contributed by atoms with Crippen LogP contribution in [0.25, 0.3) is 0 Å². The Kier molecular flexibility index (Phi) is 5.83. The smallest absolute Gasteiger partial charge is 0.240 e. The average molecular weight is 353 g/mol. The van der Waals surface area contributed by atoms with Crippen LogP contribution in [0.2, 0.25) is 5.02 Å². The van der Waals surface area contributed by atoms with E-state index in [0.29, 0.717) is 36.8 Å². The summed E-state index contributed by atoms with van der Waals surface area (Å²) in [7, 11) is 0. The number of rotatable bonds is 3. The van der Waals surface area contributed by atoms with E-state index in [1.807, 2.05) is 20.8 Å². The number of aromatic nitrogens is 1. The van der Waals surface area contributed by atoms with Crippen LogP contribution < -0.4 is 11.1 Å². The van der Waals surface area contributed by atoms with Crippen molar-refractivity contribution in [2.45, 2.75) is 39.7 Å². The molecule has 2 amide bonds. The highest BCUT2D eigenvalue weighted by atomic mass is 35.5. The van der Waals surface area contributed by atoms with Gasteiger partial charge in [0.25, 0.3) is 0 Å². The molecular weight excluding hydrogens is 328 g/mol. The molecule has 0 unspecified atom stereocenters. The fraction of sp³-hybridized carbons (Fsp3) is 0.588. The lowest BCUT2D eigenvalue weighted by atomic mass is 9.86. The fourth-order valence-corrected chi connectivity index (χ4v) is 2.72. The van der Waals surface area contributed by atoms with Gasteiger partial charge in [-0.05, 0) is 30.4 Å². The number of anilines is 1. The predicted molar refractivity (Wildman–Crippen MR) is 94.6 cm³/mol. The fourth-order valence-electron chi connectivity index (χ4n) is 2.61. The molecule has 2 heterocycles. The molecule has 0 aromatic carbocycles. The van der Waals surface area contributed by atoms with Gasteiger partial charge in [-0.2, -0.15) is 0 Å². The van der Waals surface area contributed by atoms with Gasteiger partial charge < -0.3 is 16.0 Å². The van der Waals surface area contributed by atoms with Crippen LogP contribution in [0.4, 0.5) is 5.82 Å². The van der Waals surface area contributed by atoms with Crippen molar-refractivity contribution in [2.75, 3.05) is 18.4 Å². The average Bonchev–Trinajstić information content (AvgIpc) is 2.55. The van der Waals surface area contributed by atoms with Gasteiger partial charge in [0, 0.05) is 25.2 Å². The quantitative estimate of drug-likeness (QED) is 0.873.